The second kappa shape index (κ2) is 5.61. The first-order chi connectivity index (χ1) is 10.2. The number of para-hydroxylation sites is 2. The fraction of sp³-hybridized carbons (Fsp3) is 0.312. The molecule has 21 heavy (non-hydrogen) atoms. The highest BCUT2D eigenvalue weighted by Gasteiger charge is 2.14. The number of aryl methyl sites for hydroxylation is 2. The molecule has 2 heterocycles. The summed E-state index contributed by atoms with van der Waals surface area (Å²) in [6, 6.07) is 9.68. The van der Waals surface area contributed by atoms with Crippen LogP contribution in [0.2, 0.25) is 0 Å². The van der Waals surface area contributed by atoms with Crippen LogP contribution in [0.3, 0.4) is 0 Å². The molecule has 0 fully saturated rings. The predicted octanol–water partition coefficient (Wildman–Crippen LogP) is 2.20. The lowest BCUT2D eigenvalue weighted by Crippen LogP contribution is -2.08. The molecule has 1 aromatic carbocycles. The van der Waals surface area contributed by atoms with E-state index >= 15 is 0 Å². The van der Waals surface area contributed by atoms with E-state index < -0.39 is 6.10 Å². The van der Waals surface area contributed by atoms with Gasteiger partial charge in [0.05, 0.1) is 28.6 Å². The SMILES string of the molecule is CCc1cc(CC(O)c2cnc3ccccc3n2)n(C)n1. The molecule has 0 amide bonds. The zero-order valence-corrected chi connectivity index (χ0v) is 12.2. The number of hydrogen-bond donors (Lipinski definition) is 1. The maximum atomic E-state index is 10.4. The van der Waals surface area contributed by atoms with Crippen LogP contribution in [0.25, 0.3) is 11.0 Å². The summed E-state index contributed by atoms with van der Waals surface area (Å²) < 4.78 is 1.82. The summed E-state index contributed by atoms with van der Waals surface area (Å²) >= 11 is 0. The van der Waals surface area contributed by atoms with E-state index in [1.807, 2.05) is 42.1 Å². The lowest BCUT2D eigenvalue weighted by molar-refractivity contribution is 0.171. The van der Waals surface area contributed by atoms with Crippen molar-refractivity contribution >= 4 is 11.0 Å². The molecule has 0 saturated carbocycles. The number of nitrogens with zero attached hydrogens (tertiary/aromatic N) is 4. The van der Waals surface area contributed by atoms with Gasteiger partial charge in [0.2, 0.25) is 0 Å². The average molecular weight is 282 g/mol. The first-order valence-electron chi connectivity index (χ1n) is 7.09. The van der Waals surface area contributed by atoms with Crippen LogP contribution in [0.5, 0.6) is 0 Å². The molecular weight excluding hydrogens is 264 g/mol. The van der Waals surface area contributed by atoms with Crippen LogP contribution in [0.15, 0.2) is 36.5 Å². The molecule has 1 N–H and O–H groups in total. The van der Waals surface area contributed by atoms with E-state index in [1.165, 1.54) is 0 Å². The second-order valence-corrected chi connectivity index (χ2v) is 5.11. The molecule has 1 atom stereocenters. The summed E-state index contributed by atoms with van der Waals surface area (Å²) in [7, 11) is 1.90. The van der Waals surface area contributed by atoms with Crippen LogP contribution in [-0.2, 0) is 19.9 Å². The minimum Gasteiger partial charge on any atom is -0.386 e. The maximum absolute atomic E-state index is 10.4. The normalized spacial score (nSPS) is 12.7. The molecule has 3 aromatic rings. The van der Waals surface area contributed by atoms with Gasteiger partial charge in [-0.15, -0.1) is 0 Å². The molecule has 5 heteroatoms. The summed E-state index contributed by atoms with van der Waals surface area (Å²) in [6.45, 7) is 2.07. The first-order valence-corrected chi connectivity index (χ1v) is 7.09. The quantitative estimate of drug-likeness (QED) is 0.797. The highest BCUT2D eigenvalue weighted by atomic mass is 16.3. The van der Waals surface area contributed by atoms with Gasteiger partial charge < -0.3 is 5.11 Å². The van der Waals surface area contributed by atoms with Gasteiger partial charge >= 0.3 is 0 Å². The Balaban J connectivity index is 1.85. The maximum Gasteiger partial charge on any atom is 0.103 e. The van der Waals surface area contributed by atoms with Crippen molar-refractivity contribution in [2.24, 2.45) is 7.05 Å². The van der Waals surface area contributed by atoms with Gasteiger partial charge in [0.25, 0.3) is 0 Å². The molecule has 0 aliphatic rings. The van der Waals surface area contributed by atoms with Crippen LogP contribution in [0.1, 0.15) is 30.1 Å². The summed E-state index contributed by atoms with van der Waals surface area (Å²) in [5, 5.41) is 14.8. The monoisotopic (exact) mass is 282 g/mol. The van der Waals surface area contributed by atoms with E-state index in [4.69, 9.17) is 0 Å². The fourth-order valence-electron chi connectivity index (χ4n) is 2.37. The van der Waals surface area contributed by atoms with Crippen molar-refractivity contribution < 1.29 is 5.11 Å². The second-order valence-electron chi connectivity index (χ2n) is 5.11. The van der Waals surface area contributed by atoms with E-state index in [0.29, 0.717) is 12.1 Å². The summed E-state index contributed by atoms with van der Waals surface area (Å²) in [5.41, 5.74) is 4.25. The molecule has 0 aliphatic heterocycles. The van der Waals surface area contributed by atoms with Gasteiger partial charge in [-0.05, 0) is 24.6 Å². The van der Waals surface area contributed by atoms with Gasteiger partial charge in [-0.1, -0.05) is 19.1 Å². The van der Waals surface area contributed by atoms with Crippen molar-refractivity contribution in [1.82, 2.24) is 19.7 Å². The number of rotatable bonds is 4. The molecule has 0 saturated heterocycles. The highest BCUT2D eigenvalue weighted by Crippen LogP contribution is 2.18. The van der Waals surface area contributed by atoms with Crippen molar-refractivity contribution in [2.75, 3.05) is 0 Å². The molecule has 2 aromatic heterocycles. The van der Waals surface area contributed by atoms with Gasteiger partial charge in [-0.2, -0.15) is 5.10 Å². The Bertz CT molecular complexity index is 766. The number of aliphatic hydroxyl groups is 1. The van der Waals surface area contributed by atoms with E-state index in [-0.39, 0.29) is 0 Å². The first kappa shape index (κ1) is 13.7. The Morgan fingerprint density at radius 3 is 2.71 bits per heavy atom. The Hall–Kier alpha value is -2.27. The number of benzene rings is 1. The van der Waals surface area contributed by atoms with Crippen LogP contribution in [-0.4, -0.2) is 24.9 Å². The third-order valence-corrected chi connectivity index (χ3v) is 3.60. The number of hydrogen-bond acceptors (Lipinski definition) is 4. The largest absolute Gasteiger partial charge is 0.386 e. The summed E-state index contributed by atoms with van der Waals surface area (Å²) in [6.07, 6.45) is 2.34. The molecule has 0 bridgehead atoms. The van der Waals surface area contributed by atoms with Crippen molar-refractivity contribution in [3.8, 4) is 0 Å². The Labute approximate surface area is 123 Å². The Morgan fingerprint density at radius 1 is 1.24 bits per heavy atom. The fourth-order valence-corrected chi connectivity index (χ4v) is 2.37. The predicted molar refractivity (Wildman–Crippen MR) is 80.8 cm³/mol. The van der Waals surface area contributed by atoms with Crippen molar-refractivity contribution in [2.45, 2.75) is 25.9 Å². The molecule has 0 spiro atoms. The molecule has 0 radical (unpaired) electrons. The third-order valence-electron chi connectivity index (χ3n) is 3.60. The van der Waals surface area contributed by atoms with Gasteiger partial charge in [0.15, 0.2) is 0 Å². The van der Waals surface area contributed by atoms with Gasteiger partial charge in [-0.3, -0.25) is 9.67 Å². The molecule has 1 unspecified atom stereocenters. The van der Waals surface area contributed by atoms with Crippen LogP contribution in [0.4, 0.5) is 0 Å². The molecule has 0 aliphatic carbocycles. The smallest absolute Gasteiger partial charge is 0.103 e. The highest BCUT2D eigenvalue weighted by molar-refractivity contribution is 5.73. The van der Waals surface area contributed by atoms with Crippen molar-refractivity contribution in [3.63, 3.8) is 0 Å². The van der Waals surface area contributed by atoms with Gasteiger partial charge in [0, 0.05) is 19.2 Å². The van der Waals surface area contributed by atoms with Gasteiger partial charge in [0.1, 0.15) is 6.10 Å². The van der Waals surface area contributed by atoms with Crippen molar-refractivity contribution in [3.05, 3.63) is 53.6 Å². The van der Waals surface area contributed by atoms with Crippen molar-refractivity contribution in [1.29, 1.82) is 0 Å². The lowest BCUT2D eigenvalue weighted by Gasteiger charge is -2.10. The zero-order chi connectivity index (χ0) is 14.8. The number of aromatic nitrogens is 4. The minimum absolute atomic E-state index is 0.483. The topological polar surface area (TPSA) is 63.8 Å². The van der Waals surface area contributed by atoms with E-state index in [2.05, 4.69) is 22.0 Å². The standard InChI is InChI=1S/C16H18N4O/c1-3-11-8-12(20(2)19-11)9-16(21)15-10-17-13-6-4-5-7-14(13)18-15/h4-8,10,16,21H,3,9H2,1-2H3. The van der Waals surface area contributed by atoms with Crippen LogP contribution in [0, 0.1) is 0 Å². The van der Waals surface area contributed by atoms with Crippen LogP contribution < -0.4 is 0 Å². The molecule has 108 valence electrons. The zero-order valence-electron chi connectivity index (χ0n) is 12.2. The van der Waals surface area contributed by atoms with Crippen LogP contribution >= 0.6 is 0 Å². The van der Waals surface area contributed by atoms with E-state index in [9.17, 15) is 5.11 Å². The molecule has 3 rings (SSSR count). The average Bonchev–Trinajstić information content (AvgIpc) is 2.87. The van der Waals surface area contributed by atoms with E-state index in [0.717, 1.165) is 28.8 Å². The van der Waals surface area contributed by atoms with E-state index in [1.54, 1.807) is 6.20 Å². The Kier molecular flexibility index (Phi) is 3.66. The summed E-state index contributed by atoms with van der Waals surface area (Å²) in [4.78, 5) is 8.83. The minimum atomic E-state index is -0.679. The number of aliphatic hydroxyl groups excluding tert-OH is 1. The van der Waals surface area contributed by atoms with Gasteiger partial charge in [-0.25, -0.2) is 4.98 Å². The lowest BCUT2D eigenvalue weighted by atomic mass is 10.1. The molecular formula is C16H18N4O. The summed E-state index contributed by atoms with van der Waals surface area (Å²) in [5.74, 6) is 0. The third kappa shape index (κ3) is 2.78. The number of fused-ring (bicyclic) bond motifs is 1. The Morgan fingerprint density at radius 2 is 2.00 bits per heavy atom. The molecule has 5 nitrogen and oxygen atoms in total.